The van der Waals surface area contributed by atoms with Crippen LogP contribution in [0.1, 0.15) is 22.3 Å². The second-order valence-corrected chi connectivity index (χ2v) is 13.6. The van der Waals surface area contributed by atoms with Crippen molar-refractivity contribution in [3.63, 3.8) is 0 Å². The summed E-state index contributed by atoms with van der Waals surface area (Å²) in [5.74, 6) is 1.77. The van der Waals surface area contributed by atoms with Gasteiger partial charge in [-0.2, -0.15) is 0 Å². The summed E-state index contributed by atoms with van der Waals surface area (Å²) in [5, 5.41) is 2.21. The van der Waals surface area contributed by atoms with Crippen LogP contribution in [0.15, 0.2) is 192 Å². The highest BCUT2D eigenvalue weighted by atomic mass is 16.5. The van der Waals surface area contributed by atoms with Crippen molar-refractivity contribution in [3.05, 3.63) is 210 Å². The van der Waals surface area contributed by atoms with Crippen LogP contribution >= 0.6 is 0 Å². The molecule has 0 bridgehead atoms. The van der Waals surface area contributed by atoms with Gasteiger partial charge in [0.2, 0.25) is 0 Å². The number of hydrogen-bond acceptors (Lipinski definition) is 3. The number of para-hydroxylation sites is 4. The Kier molecular flexibility index (Phi) is 6.17. The molecule has 8 aromatic carbocycles. The van der Waals surface area contributed by atoms with Crippen molar-refractivity contribution in [2.45, 2.75) is 5.41 Å². The Morgan fingerprint density at radius 3 is 1.81 bits per heavy atom. The van der Waals surface area contributed by atoms with Gasteiger partial charge in [0.1, 0.15) is 17.1 Å². The van der Waals surface area contributed by atoms with Crippen molar-refractivity contribution in [3.8, 4) is 33.8 Å². The maximum absolute atomic E-state index is 6.90. The fraction of sp³-hybridized carbons (Fsp3) is 0.0204. The molecule has 0 fully saturated rings. The lowest BCUT2D eigenvalue weighted by Crippen LogP contribution is -2.32. The molecule has 0 radical (unpaired) electrons. The van der Waals surface area contributed by atoms with Crippen LogP contribution in [0.4, 0.5) is 17.1 Å². The molecule has 52 heavy (non-hydrogen) atoms. The quantitative estimate of drug-likeness (QED) is 0.187. The van der Waals surface area contributed by atoms with E-state index in [4.69, 9.17) is 9.15 Å². The molecular weight excluding hydrogens is 635 g/mol. The van der Waals surface area contributed by atoms with E-state index >= 15 is 0 Å². The van der Waals surface area contributed by atoms with Gasteiger partial charge in [-0.1, -0.05) is 146 Å². The highest BCUT2D eigenvalue weighted by Gasteiger charge is 2.51. The molecule has 1 aromatic heterocycles. The zero-order valence-corrected chi connectivity index (χ0v) is 28.2. The standard InChI is InChI=1S/C49H31NO2/c1-3-16-32(17-4-1)34-30-31-42(48-46(34)36-21-8-12-27-43(36)52-48)50(33-18-5-2-6-19-33)41-26-15-25-40-47(41)35-20-7-9-22-37(35)49(40)38-23-10-13-28-44(38)51-45-29-14-11-24-39(45)49/h1-31H. The molecule has 3 heteroatoms. The molecule has 0 amide bonds. The van der Waals surface area contributed by atoms with Crippen molar-refractivity contribution >= 4 is 39.0 Å². The number of benzene rings is 8. The SMILES string of the molecule is c1ccc(-c2ccc(N(c3ccccc3)c3cccc4c3-c3ccccc3C43c4ccccc4Oc4ccccc43)c3oc4ccccc4c23)cc1. The summed E-state index contributed by atoms with van der Waals surface area (Å²) < 4.78 is 13.5. The van der Waals surface area contributed by atoms with Gasteiger partial charge in [0.15, 0.2) is 5.58 Å². The number of ether oxygens (including phenoxy) is 1. The first-order chi connectivity index (χ1) is 25.8. The van der Waals surface area contributed by atoms with Crippen LogP contribution in [0, 0.1) is 0 Å². The fourth-order valence-corrected chi connectivity index (χ4v) is 8.90. The molecule has 9 aromatic rings. The van der Waals surface area contributed by atoms with Crippen molar-refractivity contribution < 1.29 is 9.15 Å². The zero-order valence-electron chi connectivity index (χ0n) is 28.2. The number of fused-ring (bicyclic) bond motifs is 12. The number of rotatable bonds is 4. The Labute approximate surface area is 301 Å². The lowest BCUT2D eigenvalue weighted by atomic mass is 9.66. The molecule has 1 aliphatic carbocycles. The van der Waals surface area contributed by atoms with E-state index in [1.165, 1.54) is 22.3 Å². The lowest BCUT2D eigenvalue weighted by Gasteiger charge is -2.39. The first-order valence-electron chi connectivity index (χ1n) is 17.8. The molecule has 0 atom stereocenters. The molecule has 3 nitrogen and oxygen atoms in total. The molecule has 0 N–H and O–H groups in total. The fourth-order valence-electron chi connectivity index (χ4n) is 8.90. The normalized spacial score (nSPS) is 13.3. The Morgan fingerprint density at radius 1 is 0.423 bits per heavy atom. The average Bonchev–Trinajstić information content (AvgIpc) is 3.74. The molecule has 0 saturated carbocycles. The predicted octanol–water partition coefficient (Wildman–Crippen LogP) is 13.2. The lowest BCUT2D eigenvalue weighted by molar-refractivity contribution is 0.436. The summed E-state index contributed by atoms with van der Waals surface area (Å²) in [6.07, 6.45) is 0. The molecule has 2 aliphatic rings. The van der Waals surface area contributed by atoms with Crippen LogP contribution in [0.3, 0.4) is 0 Å². The molecule has 1 spiro atoms. The van der Waals surface area contributed by atoms with E-state index in [-0.39, 0.29) is 0 Å². The highest BCUT2D eigenvalue weighted by Crippen LogP contribution is 2.64. The van der Waals surface area contributed by atoms with Gasteiger partial charge in [0.25, 0.3) is 0 Å². The highest BCUT2D eigenvalue weighted by molar-refractivity contribution is 6.17. The van der Waals surface area contributed by atoms with Crippen LogP contribution in [0.5, 0.6) is 11.5 Å². The molecule has 0 unspecified atom stereocenters. The number of furan rings is 1. The third-order valence-electron chi connectivity index (χ3n) is 10.9. The summed E-state index contributed by atoms with van der Waals surface area (Å²) in [7, 11) is 0. The maximum atomic E-state index is 6.90. The van der Waals surface area contributed by atoms with Crippen LogP contribution in [0.25, 0.3) is 44.2 Å². The minimum Gasteiger partial charge on any atom is -0.457 e. The van der Waals surface area contributed by atoms with Crippen molar-refractivity contribution in [1.82, 2.24) is 0 Å². The van der Waals surface area contributed by atoms with E-state index < -0.39 is 5.41 Å². The van der Waals surface area contributed by atoms with Crippen LogP contribution < -0.4 is 9.64 Å². The Bertz CT molecular complexity index is 2790. The Balaban J connectivity index is 1.25. The van der Waals surface area contributed by atoms with Crippen LogP contribution in [0.2, 0.25) is 0 Å². The van der Waals surface area contributed by atoms with E-state index in [0.717, 1.165) is 72.8 Å². The van der Waals surface area contributed by atoms with E-state index in [1.54, 1.807) is 0 Å². The monoisotopic (exact) mass is 665 g/mol. The Hall–Kier alpha value is -6.84. The molecule has 2 heterocycles. The Morgan fingerprint density at radius 2 is 1.04 bits per heavy atom. The van der Waals surface area contributed by atoms with E-state index in [2.05, 4.69) is 187 Å². The van der Waals surface area contributed by atoms with Gasteiger partial charge in [-0.25, -0.2) is 0 Å². The van der Waals surface area contributed by atoms with E-state index in [0.29, 0.717) is 0 Å². The number of anilines is 3. The van der Waals surface area contributed by atoms with Crippen LogP contribution in [-0.4, -0.2) is 0 Å². The summed E-state index contributed by atoms with van der Waals surface area (Å²) in [5.41, 5.74) is 13.8. The predicted molar refractivity (Wildman–Crippen MR) is 211 cm³/mol. The number of hydrogen-bond donors (Lipinski definition) is 0. The smallest absolute Gasteiger partial charge is 0.160 e. The molecule has 11 rings (SSSR count). The molecule has 244 valence electrons. The molecular formula is C49H31NO2. The number of nitrogens with zero attached hydrogens (tertiary/aromatic N) is 1. The van der Waals surface area contributed by atoms with Gasteiger partial charge in [0.05, 0.1) is 16.8 Å². The maximum Gasteiger partial charge on any atom is 0.160 e. The van der Waals surface area contributed by atoms with E-state index in [1.807, 2.05) is 6.07 Å². The summed E-state index contributed by atoms with van der Waals surface area (Å²) in [4.78, 5) is 2.39. The van der Waals surface area contributed by atoms with Gasteiger partial charge in [-0.3, -0.25) is 0 Å². The third kappa shape index (κ3) is 3.91. The van der Waals surface area contributed by atoms with Crippen LogP contribution in [-0.2, 0) is 5.41 Å². The van der Waals surface area contributed by atoms with Gasteiger partial charge < -0.3 is 14.1 Å². The minimum absolute atomic E-state index is 0.568. The topological polar surface area (TPSA) is 25.6 Å². The van der Waals surface area contributed by atoms with Gasteiger partial charge in [-0.15, -0.1) is 0 Å². The first-order valence-corrected chi connectivity index (χ1v) is 17.8. The summed E-state index contributed by atoms with van der Waals surface area (Å²) >= 11 is 0. The van der Waals surface area contributed by atoms with Crippen molar-refractivity contribution in [2.75, 3.05) is 4.90 Å². The second-order valence-electron chi connectivity index (χ2n) is 13.6. The van der Waals surface area contributed by atoms with Gasteiger partial charge in [-0.05, 0) is 70.3 Å². The van der Waals surface area contributed by atoms with Crippen molar-refractivity contribution in [1.29, 1.82) is 0 Å². The van der Waals surface area contributed by atoms with Crippen molar-refractivity contribution in [2.24, 2.45) is 0 Å². The van der Waals surface area contributed by atoms with E-state index in [9.17, 15) is 0 Å². The first kappa shape index (κ1) is 28.9. The van der Waals surface area contributed by atoms with Gasteiger partial charge >= 0.3 is 0 Å². The summed E-state index contributed by atoms with van der Waals surface area (Å²) in [6, 6.07) is 66.9. The third-order valence-corrected chi connectivity index (χ3v) is 10.9. The molecule has 0 saturated heterocycles. The van der Waals surface area contributed by atoms with Gasteiger partial charge in [0, 0.05) is 33.2 Å². The largest absolute Gasteiger partial charge is 0.457 e. The average molecular weight is 666 g/mol. The second kappa shape index (κ2) is 11.1. The minimum atomic E-state index is -0.568. The zero-order chi connectivity index (χ0) is 34.2. The summed E-state index contributed by atoms with van der Waals surface area (Å²) in [6.45, 7) is 0. The molecule has 1 aliphatic heterocycles.